The molecule has 0 spiro atoms. The molecule has 654 valence electrons. The third kappa shape index (κ3) is 82.6. The third-order valence-corrected chi connectivity index (χ3v) is 23.6. The molecule has 0 aliphatic carbocycles. The van der Waals surface area contributed by atoms with E-state index in [0.29, 0.717) is 25.7 Å². The van der Waals surface area contributed by atoms with Crippen LogP contribution in [0.1, 0.15) is 485 Å². The average molecular weight is 1610 g/mol. The minimum absolute atomic E-state index is 0.107. The molecule has 0 aliphatic rings. The highest BCUT2D eigenvalue weighted by Crippen LogP contribution is 2.45. The molecule has 0 aliphatic heterocycles. The molecule has 0 saturated heterocycles. The summed E-state index contributed by atoms with van der Waals surface area (Å²) in [7, 11) is -9.94. The van der Waals surface area contributed by atoms with Gasteiger partial charge in [-0.05, 0) is 43.4 Å². The standard InChI is InChI=1S/C91H178O17P2/c1-8-10-11-12-13-14-15-16-17-18-19-20-24-27-33-38-43-51-58-65-72-88(93)101-78-86(107-90(95)74-67-60-53-44-39-34-28-25-22-21-23-26-31-36-41-48-55-62-69-82(3)4)80-105-109(97,98)103-76-85(92)77-104-110(99,100)106-81-87(79-102-89(94)73-66-59-52-47-46-50-57-64-71-84(7)9-2)108-91(96)75-68-61-54-45-40-35-30-29-32-37-42-49-56-63-70-83(5)6/h82-87,92H,8-81H2,1-7H3,(H,97,98)(H,99,100)/t84?,85-,86-,87-/m1/s1. The molecule has 0 rings (SSSR count). The maximum absolute atomic E-state index is 13.2. The van der Waals surface area contributed by atoms with Gasteiger partial charge in [0.15, 0.2) is 12.2 Å². The van der Waals surface area contributed by atoms with Crippen molar-refractivity contribution >= 4 is 39.5 Å². The summed E-state index contributed by atoms with van der Waals surface area (Å²) in [4.78, 5) is 73.4. The summed E-state index contributed by atoms with van der Waals surface area (Å²) >= 11 is 0. The Kier molecular flexibility index (Phi) is 79.4. The summed E-state index contributed by atoms with van der Waals surface area (Å²) < 4.78 is 69.1. The Morgan fingerprint density at radius 1 is 0.264 bits per heavy atom. The first kappa shape index (κ1) is 108. The largest absolute Gasteiger partial charge is 0.472 e. The highest BCUT2D eigenvalue weighted by Gasteiger charge is 2.31. The van der Waals surface area contributed by atoms with Gasteiger partial charge in [0.1, 0.15) is 19.3 Å². The number of aliphatic hydroxyl groups excluding tert-OH is 1. The van der Waals surface area contributed by atoms with E-state index in [2.05, 4.69) is 48.5 Å². The Bertz CT molecular complexity index is 2120. The second kappa shape index (κ2) is 80.8. The van der Waals surface area contributed by atoms with Gasteiger partial charge in [-0.25, -0.2) is 9.13 Å². The van der Waals surface area contributed by atoms with Crippen molar-refractivity contribution in [3.05, 3.63) is 0 Å². The lowest BCUT2D eigenvalue weighted by Gasteiger charge is -2.21. The fraction of sp³-hybridized carbons (Fsp3) is 0.956. The molecule has 0 saturated carbocycles. The van der Waals surface area contributed by atoms with Gasteiger partial charge in [-0.1, -0.05) is 434 Å². The van der Waals surface area contributed by atoms with E-state index in [1.165, 1.54) is 295 Å². The summed E-state index contributed by atoms with van der Waals surface area (Å²) in [5.41, 5.74) is 0. The number of ether oxygens (including phenoxy) is 4. The van der Waals surface area contributed by atoms with Gasteiger partial charge in [-0.15, -0.1) is 0 Å². The van der Waals surface area contributed by atoms with E-state index in [1.807, 2.05) is 0 Å². The molecule has 0 amide bonds. The molecule has 0 aromatic carbocycles. The van der Waals surface area contributed by atoms with Gasteiger partial charge in [0.05, 0.1) is 26.4 Å². The number of aliphatic hydroxyl groups is 1. The highest BCUT2D eigenvalue weighted by atomic mass is 31.2. The lowest BCUT2D eigenvalue weighted by atomic mass is 9.99. The topological polar surface area (TPSA) is 237 Å². The van der Waals surface area contributed by atoms with E-state index in [-0.39, 0.29) is 25.7 Å². The Balaban J connectivity index is 5.25. The monoisotopic (exact) mass is 1610 g/mol. The van der Waals surface area contributed by atoms with Crippen LogP contribution in [0.3, 0.4) is 0 Å². The fourth-order valence-corrected chi connectivity index (χ4v) is 15.8. The van der Waals surface area contributed by atoms with Gasteiger partial charge in [0.25, 0.3) is 0 Å². The number of hydrogen-bond donors (Lipinski definition) is 3. The third-order valence-electron chi connectivity index (χ3n) is 21.7. The molecule has 0 aromatic heterocycles. The first-order valence-electron chi connectivity index (χ1n) is 46.9. The van der Waals surface area contributed by atoms with Gasteiger partial charge in [-0.3, -0.25) is 37.3 Å². The summed E-state index contributed by atoms with van der Waals surface area (Å²) in [5.74, 6) is 0.294. The number of unbranched alkanes of at least 4 members (excludes halogenated alkanes) is 56. The molecule has 0 fully saturated rings. The predicted octanol–water partition coefficient (Wildman–Crippen LogP) is 28.0. The van der Waals surface area contributed by atoms with Crippen molar-refractivity contribution in [2.24, 2.45) is 17.8 Å². The molecule has 110 heavy (non-hydrogen) atoms. The second-order valence-corrected chi connectivity index (χ2v) is 36.8. The average Bonchev–Trinajstić information content (AvgIpc) is 0.897. The van der Waals surface area contributed by atoms with Gasteiger partial charge < -0.3 is 33.8 Å². The molecule has 6 atom stereocenters. The molecular weight excluding hydrogens is 1430 g/mol. The zero-order valence-electron chi connectivity index (χ0n) is 72.7. The molecule has 0 aromatic rings. The number of phosphoric ester groups is 2. The number of carbonyl (C=O) groups excluding carboxylic acids is 4. The number of carbonyl (C=O) groups is 4. The Morgan fingerprint density at radius 2 is 0.464 bits per heavy atom. The summed E-state index contributed by atoms with van der Waals surface area (Å²) in [6, 6.07) is 0. The van der Waals surface area contributed by atoms with Crippen LogP contribution in [0.2, 0.25) is 0 Å². The Labute approximate surface area is 677 Å². The van der Waals surface area contributed by atoms with Gasteiger partial charge in [0, 0.05) is 25.7 Å². The van der Waals surface area contributed by atoms with Crippen molar-refractivity contribution < 1.29 is 80.2 Å². The van der Waals surface area contributed by atoms with Crippen LogP contribution in [-0.4, -0.2) is 96.7 Å². The molecule has 0 heterocycles. The van der Waals surface area contributed by atoms with Crippen LogP contribution in [0.5, 0.6) is 0 Å². The number of phosphoric acid groups is 2. The highest BCUT2D eigenvalue weighted by molar-refractivity contribution is 7.47. The van der Waals surface area contributed by atoms with E-state index >= 15 is 0 Å². The van der Waals surface area contributed by atoms with E-state index in [9.17, 15) is 43.2 Å². The van der Waals surface area contributed by atoms with Crippen LogP contribution in [-0.2, 0) is 65.4 Å². The molecule has 3 unspecified atom stereocenters. The van der Waals surface area contributed by atoms with Gasteiger partial charge in [0.2, 0.25) is 0 Å². The van der Waals surface area contributed by atoms with Crippen molar-refractivity contribution in [1.29, 1.82) is 0 Å². The second-order valence-electron chi connectivity index (χ2n) is 33.9. The lowest BCUT2D eigenvalue weighted by molar-refractivity contribution is -0.161. The molecule has 17 nitrogen and oxygen atoms in total. The van der Waals surface area contributed by atoms with Crippen LogP contribution < -0.4 is 0 Å². The van der Waals surface area contributed by atoms with Crippen LogP contribution in [0.4, 0.5) is 0 Å². The van der Waals surface area contributed by atoms with E-state index < -0.39 is 97.5 Å². The van der Waals surface area contributed by atoms with E-state index in [4.69, 9.17) is 37.0 Å². The van der Waals surface area contributed by atoms with Gasteiger partial charge >= 0.3 is 39.5 Å². The maximum Gasteiger partial charge on any atom is 0.472 e. The van der Waals surface area contributed by atoms with Crippen LogP contribution >= 0.6 is 15.6 Å². The van der Waals surface area contributed by atoms with E-state index in [0.717, 1.165) is 108 Å². The zero-order chi connectivity index (χ0) is 80.8. The quantitative estimate of drug-likeness (QED) is 0.0222. The van der Waals surface area contributed by atoms with Crippen LogP contribution in [0, 0.1) is 17.8 Å². The van der Waals surface area contributed by atoms with Crippen molar-refractivity contribution in [2.75, 3.05) is 39.6 Å². The minimum atomic E-state index is -4.97. The number of hydrogen-bond acceptors (Lipinski definition) is 15. The maximum atomic E-state index is 13.2. The minimum Gasteiger partial charge on any atom is -0.462 e. The summed E-state index contributed by atoms with van der Waals surface area (Å²) in [6.45, 7) is 12.1. The summed E-state index contributed by atoms with van der Waals surface area (Å²) in [6.07, 6.45) is 73.6. The number of rotatable bonds is 89. The van der Waals surface area contributed by atoms with Gasteiger partial charge in [-0.2, -0.15) is 0 Å². The lowest BCUT2D eigenvalue weighted by Crippen LogP contribution is -2.30. The number of esters is 4. The van der Waals surface area contributed by atoms with Crippen LogP contribution in [0.15, 0.2) is 0 Å². The predicted molar refractivity (Wildman–Crippen MR) is 455 cm³/mol. The van der Waals surface area contributed by atoms with Crippen molar-refractivity contribution in [2.45, 2.75) is 503 Å². The fourth-order valence-electron chi connectivity index (χ4n) is 14.2. The molecule has 19 heteroatoms. The smallest absolute Gasteiger partial charge is 0.462 e. The molecule has 0 radical (unpaired) electrons. The van der Waals surface area contributed by atoms with Crippen molar-refractivity contribution in [3.8, 4) is 0 Å². The van der Waals surface area contributed by atoms with E-state index in [1.54, 1.807) is 0 Å². The van der Waals surface area contributed by atoms with Crippen molar-refractivity contribution in [1.82, 2.24) is 0 Å². The first-order chi connectivity index (χ1) is 53.3. The van der Waals surface area contributed by atoms with Crippen molar-refractivity contribution in [3.63, 3.8) is 0 Å². The Hall–Kier alpha value is -1.94. The SMILES string of the molecule is CCCCCCCCCCCCCCCCCCCCCCC(=O)OC[C@H](COP(=O)(O)OC[C@@H](O)COP(=O)(O)OC[C@@H](COC(=O)CCCCCCCCCCC(C)CC)OC(=O)CCCCCCCCCCCCCCCCC(C)C)OC(=O)CCCCCCCCCCCCCCCCCCCCC(C)C. The molecular formula is C91H178O17P2. The zero-order valence-corrected chi connectivity index (χ0v) is 74.5. The molecule has 3 N–H and O–H groups in total. The normalized spacial score (nSPS) is 14.0. The van der Waals surface area contributed by atoms with Crippen LogP contribution in [0.25, 0.3) is 0 Å². The Morgan fingerprint density at radius 3 is 0.691 bits per heavy atom. The first-order valence-corrected chi connectivity index (χ1v) is 49.9. The summed E-state index contributed by atoms with van der Waals surface area (Å²) in [5, 5.41) is 10.7. The molecule has 0 bridgehead atoms.